The lowest BCUT2D eigenvalue weighted by Gasteiger charge is -2.12. The molecule has 1 amide bonds. The van der Waals surface area contributed by atoms with Crippen LogP contribution in [-0.4, -0.2) is 17.6 Å². The fraction of sp³-hybridized carbons (Fsp3) is 0.188. The van der Waals surface area contributed by atoms with Crippen molar-refractivity contribution >= 4 is 17.3 Å². The molecule has 7 heteroatoms. The number of anilines is 1. The Balaban J connectivity index is 1.71. The number of fused-ring (bicyclic) bond motifs is 1. The first-order chi connectivity index (χ1) is 11.0. The maximum absolute atomic E-state index is 12.3. The Morgan fingerprint density at radius 1 is 1.17 bits per heavy atom. The van der Waals surface area contributed by atoms with Gasteiger partial charge >= 0.3 is 0 Å². The molecule has 1 N–H and O–H groups in total. The molecule has 23 heavy (non-hydrogen) atoms. The van der Waals surface area contributed by atoms with E-state index in [4.69, 9.17) is 9.47 Å². The van der Waals surface area contributed by atoms with Gasteiger partial charge in [-0.1, -0.05) is 12.1 Å². The van der Waals surface area contributed by atoms with Gasteiger partial charge < -0.3 is 14.8 Å². The van der Waals surface area contributed by atoms with Gasteiger partial charge in [-0.05, 0) is 24.6 Å². The average Bonchev–Trinajstić information content (AvgIpc) is 3.01. The molecule has 0 fully saturated rings. The van der Waals surface area contributed by atoms with Gasteiger partial charge in [0.15, 0.2) is 11.5 Å². The Kier molecular flexibility index (Phi) is 3.84. The molecule has 0 saturated carbocycles. The maximum Gasteiger partial charge on any atom is 0.269 e. The predicted molar refractivity (Wildman–Crippen MR) is 82.7 cm³/mol. The summed E-state index contributed by atoms with van der Waals surface area (Å²) in [5.74, 6) is 0.580. The van der Waals surface area contributed by atoms with Crippen LogP contribution in [0.1, 0.15) is 18.4 Å². The predicted octanol–water partition coefficient (Wildman–Crippen LogP) is 3.07. The number of nitro benzene ring substituents is 1. The highest BCUT2D eigenvalue weighted by Gasteiger charge is 2.18. The van der Waals surface area contributed by atoms with Crippen LogP contribution < -0.4 is 14.8 Å². The molecule has 1 atom stereocenters. The van der Waals surface area contributed by atoms with Gasteiger partial charge in [0.1, 0.15) is 0 Å². The summed E-state index contributed by atoms with van der Waals surface area (Å²) in [6, 6.07) is 11.1. The van der Waals surface area contributed by atoms with E-state index >= 15 is 0 Å². The summed E-state index contributed by atoms with van der Waals surface area (Å²) >= 11 is 0. The number of benzene rings is 2. The number of carbonyl (C=O) groups is 1. The Labute approximate surface area is 132 Å². The minimum Gasteiger partial charge on any atom is -0.454 e. The molecule has 7 nitrogen and oxygen atoms in total. The number of amides is 1. The van der Waals surface area contributed by atoms with Crippen LogP contribution in [0, 0.1) is 10.1 Å². The Bertz CT molecular complexity index is 758. The molecule has 0 bridgehead atoms. The summed E-state index contributed by atoms with van der Waals surface area (Å²) < 4.78 is 10.5. The van der Waals surface area contributed by atoms with Crippen molar-refractivity contribution in [3.63, 3.8) is 0 Å². The summed E-state index contributed by atoms with van der Waals surface area (Å²) in [5, 5.41) is 13.5. The van der Waals surface area contributed by atoms with E-state index in [1.165, 1.54) is 12.1 Å². The van der Waals surface area contributed by atoms with Crippen molar-refractivity contribution in [3.8, 4) is 11.5 Å². The van der Waals surface area contributed by atoms with Crippen LogP contribution in [0.5, 0.6) is 11.5 Å². The summed E-state index contributed by atoms with van der Waals surface area (Å²) in [6.45, 7) is 1.91. The molecular formula is C16H14N2O5. The van der Waals surface area contributed by atoms with E-state index in [0.29, 0.717) is 22.7 Å². The number of hydrogen-bond donors (Lipinski definition) is 1. The maximum atomic E-state index is 12.3. The van der Waals surface area contributed by atoms with Crippen molar-refractivity contribution < 1.29 is 19.2 Å². The number of carbonyl (C=O) groups excluding carboxylic acids is 1. The van der Waals surface area contributed by atoms with Crippen LogP contribution in [0.25, 0.3) is 0 Å². The van der Waals surface area contributed by atoms with Crippen LogP contribution >= 0.6 is 0 Å². The molecule has 118 valence electrons. The summed E-state index contributed by atoms with van der Waals surface area (Å²) in [4.78, 5) is 22.5. The van der Waals surface area contributed by atoms with E-state index in [1.807, 2.05) is 0 Å². The summed E-state index contributed by atoms with van der Waals surface area (Å²) in [7, 11) is 0. The SMILES string of the molecule is C[C@H](C(=O)Nc1ccc2c(c1)OCO2)c1ccc([N+](=O)[O-])cc1. The van der Waals surface area contributed by atoms with Crippen molar-refractivity contribution in [1.82, 2.24) is 0 Å². The monoisotopic (exact) mass is 314 g/mol. The number of non-ortho nitro benzene ring substituents is 1. The highest BCUT2D eigenvalue weighted by Crippen LogP contribution is 2.34. The molecule has 0 saturated heterocycles. The molecule has 0 aliphatic carbocycles. The smallest absolute Gasteiger partial charge is 0.269 e. The van der Waals surface area contributed by atoms with Gasteiger partial charge in [-0.3, -0.25) is 14.9 Å². The second kappa shape index (κ2) is 5.96. The standard InChI is InChI=1S/C16H14N2O5/c1-10(11-2-5-13(6-3-11)18(20)21)16(19)17-12-4-7-14-15(8-12)23-9-22-14/h2-8,10H,9H2,1H3,(H,17,19)/t10-/m0/s1. The van der Waals surface area contributed by atoms with E-state index in [1.54, 1.807) is 37.3 Å². The van der Waals surface area contributed by atoms with Crippen molar-refractivity contribution in [2.24, 2.45) is 0 Å². The Morgan fingerprint density at radius 3 is 2.57 bits per heavy atom. The lowest BCUT2D eigenvalue weighted by Crippen LogP contribution is -2.18. The third-order valence-electron chi connectivity index (χ3n) is 3.64. The lowest BCUT2D eigenvalue weighted by molar-refractivity contribution is -0.384. The molecule has 3 rings (SSSR count). The largest absolute Gasteiger partial charge is 0.454 e. The molecule has 0 radical (unpaired) electrons. The normalized spacial score (nSPS) is 13.4. The second-order valence-corrected chi connectivity index (χ2v) is 5.13. The highest BCUT2D eigenvalue weighted by molar-refractivity contribution is 5.95. The number of rotatable bonds is 4. The van der Waals surface area contributed by atoms with Crippen LogP contribution in [0.2, 0.25) is 0 Å². The van der Waals surface area contributed by atoms with Crippen LogP contribution in [0.15, 0.2) is 42.5 Å². The van der Waals surface area contributed by atoms with Gasteiger partial charge in [-0.25, -0.2) is 0 Å². The third kappa shape index (κ3) is 3.08. The fourth-order valence-electron chi connectivity index (χ4n) is 2.26. The zero-order chi connectivity index (χ0) is 16.4. The highest BCUT2D eigenvalue weighted by atomic mass is 16.7. The van der Waals surface area contributed by atoms with Gasteiger partial charge in [-0.2, -0.15) is 0 Å². The fourth-order valence-corrected chi connectivity index (χ4v) is 2.26. The van der Waals surface area contributed by atoms with Crippen molar-refractivity contribution in [1.29, 1.82) is 0 Å². The van der Waals surface area contributed by atoms with Gasteiger partial charge in [0, 0.05) is 23.9 Å². The number of nitro groups is 1. The molecule has 0 spiro atoms. The topological polar surface area (TPSA) is 90.7 Å². The van der Waals surface area contributed by atoms with Gasteiger partial charge in [0.25, 0.3) is 5.69 Å². The molecule has 1 aliphatic rings. The minimum atomic E-state index is -0.471. The van der Waals surface area contributed by atoms with Crippen molar-refractivity contribution in [3.05, 3.63) is 58.1 Å². The van der Waals surface area contributed by atoms with Crippen molar-refractivity contribution in [2.45, 2.75) is 12.8 Å². The second-order valence-electron chi connectivity index (χ2n) is 5.13. The summed E-state index contributed by atoms with van der Waals surface area (Å²) in [6.07, 6.45) is 0. The first kappa shape index (κ1) is 14.8. The Hall–Kier alpha value is -3.09. The minimum absolute atomic E-state index is 0.00266. The lowest BCUT2D eigenvalue weighted by atomic mass is 10.00. The van der Waals surface area contributed by atoms with E-state index < -0.39 is 10.8 Å². The van der Waals surface area contributed by atoms with E-state index in [2.05, 4.69) is 5.32 Å². The first-order valence-electron chi connectivity index (χ1n) is 6.99. The molecular weight excluding hydrogens is 300 g/mol. The zero-order valence-electron chi connectivity index (χ0n) is 12.3. The Morgan fingerprint density at radius 2 is 1.87 bits per heavy atom. The molecule has 2 aromatic rings. The molecule has 1 aliphatic heterocycles. The number of nitrogens with zero attached hydrogens (tertiary/aromatic N) is 1. The summed E-state index contributed by atoms with van der Waals surface area (Å²) in [5.41, 5.74) is 1.30. The van der Waals surface area contributed by atoms with E-state index in [-0.39, 0.29) is 18.4 Å². The first-order valence-corrected chi connectivity index (χ1v) is 6.99. The average molecular weight is 314 g/mol. The molecule has 0 aromatic heterocycles. The number of ether oxygens (including phenoxy) is 2. The van der Waals surface area contributed by atoms with E-state index in [0.717, 1.165) is 0 Å². The van der Waals surface area contributed by atoms with Gasteiger partial charge in [0.2, 0.25) is 12.7 Å². The quantitative estimate of drug-likeness (QED) is 0.692. The van der Waals surface area contributed by atoms with Gasteiger partial charge in [-0.15, -0.1) is 0 Å². The molecule has 2 aromatic carbocycles. The van der Waals surface area contributed by atoms with Gasteiger partial charge in [0.05, 0.1) is 10.8 Å². The van der Waals surface area contributed by atoms with Crippen LogP contribution in [0.4, 0.5) is 11.4 Å². The number of nitrogens with one attached hydrogen (secondary N) is 1. The zero-order valence-corrected chi connectivity index (χ0v) is 12.3. The molecule has 1 heterocycles. The molecule has 0 unspecified atom stereocenters. The van der Waals surface area contributed by atoms with E-state index in [9.17, 15) is 14.9 Å². The third-order valence-corrected chi connectivity index (χ3v) is 3.64. The van der Waals surface area contributed by atoms with Crippen molar-refractivity contribution in [2.75, 3.05) is 12.1 Å². The van der Waals surface area contributed by atoms with Crippen LogP contribution in [-0.2, 0) is 4.79 Å². The van der Waals surface area contributed by atoms with Crippen LogP contribution in [0.3, 0.4) is 0 Å². The number of hydrogen-bond acceptors (Lipinski definition) is 5.